The van der Waals surface area contributed by atoms with E-state index in [0.717, 1.165) is 13.1 Å². The van der Waals surface area contributed by atoms with Crippen molar-refractivity contribution in [1.29, 1.82) is 5.26 Å². The van der Waals surface area contributed by atoms with E-state index in [2.05, 4.69) is 16.0 Å². The summed E-state index contributed by atoms with van der Waals surface area (Å²) < 4.78 is 5.43. The van der Waals surface area contributed by atoms with Gasteiger partial charge >= 0.3 is 0 Å². The van der Waals surface area contributed by atoms with Crippen LogP contribution in [0.15, 0.2) is 12.4 Å². The van der Waals surface area contributed by atoms with Gasteiger partial charge in [0.15, 0.2) is 11.5 Å². The first-order chi connectivity index (χ1) is 7.31. The average molecular weight is 204 g/mol. The lowest BCUT2D eigenvalue weighted by Gasteiger charge is -2.31. The predicted octanol–water partition coefficient (Wildman–Crippen LogP) is 0.573. The highest BCUT2D eigenvalue weighted by Gasteiger charge is 2.20. The third kappa shape index (κ3) is 2.05. The molecule has 5 nitrogen and oxygen atoms in total. The summed E-state index contributed by atoms with van der Waals surface area (Å²) in [5, 5.41) is 8.90. The molecule has 1 saturated heterocycles. The topological polar surface area (TPSA) is 62.0 Å². The quantitative estimate of drug-likeness (QED) is 0.669. The number of anilines is 1. The molecule has 15 heavy (non-hydrogen) atoms. The maximum Gasteiger partial charge on any atom is 0.183 e. The highest BCUT2D eigenvalue weighted by atomic mass is 16.5. The molecule has 1 unspecified atom stereocenters. The molecule has 0 saturated carbocycles. The van der Waals surface area contributed by atoms with Crippen molar-refractivity contribution >= 4 is 5.82 Å². The summed E-state index contributed by atoms with van der Waals surface area (Å²) in [5.41, 5.74) is 0.381. The predicted molar refractivity (Wildman–Crippen MR) is 54.4 cm³/mol. The zero-order valence-corrected chi connectivity index (χ0v) is 8.55. The van der Waals surface area contributed by atoms with Gasteiger partial charge in [-0.1, -0.05) is 0 Å². The normalized spacial score (nSPS) is 21.1. The molecular weight excluding hydrogens is 192 g/mol. The molecule has 0 aromatic carbocycles. The van der Waals surface area contributed by atoms with Crippen molar-refractivity contribution in [2.75, 3.05) is 24.6 Å². The van der Waals surface area contributed by atoms with Gasteiger partial charge in [0.1, 0.15) is 6.07 Å². The molecule has 0 spiro atoms. The molecule has 1 fully saturated rings. The van der Waals surface area contributed by atoms with Crippen LogP contribution in [0.2, 0.25) is 0 Å². The first-order valence-corrected chi connectivity index (χ1v) is 4.89. The lowest BCUT2D eigenvalue weighted by molar-refractivity contribution is 0.0529. The maximum atomic E-state index is 8.90. The number of aromatic nitrogens is 2. The Balaban J connectivity index is 2.25. The Kier molecular flexibility index (Phi) is 2.79. The van der Waals surface area contributed by atoms with Crippen molar-refractivity contribution in [3.63, 3.8) is 0 Å². The van der Waals surface area contributed by atoms with Gasteiger partial charge in [0.05, 0.1) is 12.7 Å². The molecule has 1 atom stereocenters. The molecule has 2 heterocycles. The molecule has 1 aromatic rings. The number of ether oxygens (including phenoxy) is 1. The second kappa shape index (κ2) is 4.24. The van der Waals surface area contributed by atoms with E-state index < -0.39 is 0 Å². The third-order valence-corrected chi connectivity index (χ3v) is 2.33. The number of morpholine rings is 1. The molecule has 1 aromatic heterocycles. The zero-order valence-electron chi connectivity index (χ0n) is 8.55. The van der Waals surface area contributed by atoms with E-state index in [1.54, 1.807) is 6.20 Å². The van der Waals surface area contributed by atoms with Gasteiger partial charge in [0.2, 0.25) is 0 Å². The summed E-state index contributed by atoms with van der Waals surface area (Å²) in [5.74, 6) is 0.662. The Bertz CT molecular complexity index is 387. The number of nitriles is 1. The lowest BCUT2D eigenvalue weighted by Crippen LogP contribution is -2.42. The molecule has 1 aliphatic heterocycles. The fourth-order valence-electron chi connectivity index (χ4n) is 1.65. The van der Waals surface area contributed by atoms with Gasteiger partial charge in [-0.05, 0) is 6.92 Å². The van der Waals surface area contributed by atoms with Crippen molar-refractivity contribution in [2.45, 2.75) is 13.0 Å². The van der Waals surface area contributed by atoms with E-state index in [4.69, 9.17) is 10.00 Å². The van der Waals surface area contributed by atoms with Crippen molar-refractivity contribution in [1.82, 2.24) is 9.97 Å². The minimum absolute atomic E-state index is 0.173. The number of nitrogens with zero attached hydrogens (tertiary/aromatic N) is 4. The second-order valence-corrected chi connectivity index (χ2v) is 3.47. The molecule has 0 amide bonds. The van der Waals surface area contributed by atoms with Gasteiger partial charge in [-0.3, -0.25) is 0 Å². The zero-order chi connectivity index (χ0) is 10.7. The van der Waals surface area contributed by atoms with Gasteiger partial charge < -0.3 is 9.64 Å². The highest BCUT2D eigenvalue weighted by Crippen LogP contribution is 2.17. The van der Waals surface area contributed by atoms with Gasteiger partial charge in [0, 0.05) is 25.5 Å². The van der Waals surface area contributed by atoms with Crippen LogP contribution in [0, 0.1) is 11.3 Å². The number of rotatable bonds is 1. The van der Waals surface area contributed by atoms with Crippen LogP contribution in [-0.4, -0.2) is 35.8 Å². The monoisotopic (exact) mass is 204 g/mol. The molecule has 0 radical (unpaired) electrons. The SMILES string of the molecule is CC1CN(c2nccnc2C#N)CCO1. The third-order valence-electron chi connectivity index (χ3n) is 2.33. The summed E-state index contributed by atoms with van der Waals surface area (Å²) in [4.78, 5) is 10.2. The van der Waals surface area contributed by atoms with Gasteiger partial charge in [0.25, 0.3) is 0 Å². The van der Waals surface area contributed by atoms with Crippen LogP contribution in [0.3, 0.4) is 0 Å². The van der Waals surface area contributed by atoms with Crippen molar-refractivity contribution in [3.8, 4) is 6.07 Å². The molecule has 5 heteroatoms. The average Bonchev–Trinajstić information content (AvgIpc) is 2.29. The molecule has 78 valence electrons. The minimum Gasteiger partial charge on any atom is -0.375 e. The van der Waals surface area contributed by atoms with Crippen LogP contribution in [0.1, 0.15) is 12.6 Å². The Morgan fingerprint density at radius 1 is 1.53 bits per heavy atom. The summed E-state index contributed by atoms with van der Waals surface area (Å²) in [6.45, 7) is 4.20. The summed E-state index contributed by atoms with van der Waals surface area (Å²) in [6.07, 6.45) is 3.31. The largest absolute Gasteiger partial charge is 0.375 e. The van der Waals surface area contributed by atoms with Crippen LogP contribution >= 0.6 is 0 Å². The van der Waals surface area contributed by atoms with Crippen molar-refractivity contribution in [3.05, 3.63) is 18.1 Å². The standard InChI is InChI=1S/C10H12N4O/c1-8-7-14(4-5-15-8)10-9(6-11)12-2-3-13-10/h2-3,8H,4-5,7H2,1H3. The highest BCUT2D eigenvalue weighted by molar-refractivity contribution is 5.49. The molecule has 0 aliphatic carbocycles. The fraction of sp³-hybridized carbons (Fsp3) is 0.500. The van der Waals surface area contributed by atoms with Crippen LogP contribution < -0.4 is 4.90 Å². The van der Waals surface area contributed by atoms with Gasteiger partial charge in [-0.15, -0.1) is 0 Å². The Morgan fingerprint density at radius 3 is 3.07 bits per heavy atom. The first kappa shape index (κ1) is 9.87. The van der Waals surface area contributed by atoms with E-state index in [-0.39, 0.29) is 6.10 Å². The van der Waals surface area contributed by atoms with E-state index in [1.165, 1.54) is 6.20 Å². The Morgan fingerprint density at radius 2 is 2.33 bits per heavy atom. The fourth-order valence-corrected chi connectivity index (χ4v) is 1.65. The molecule has 0 N–H and O–H groups in total. The maximum absolute atomic E-state index is 8.90. The summed E-state index contributed by atoms with van der Waals surface area (Å²) in [7, 11) is 0. The van der Waals surface area contributed by atoms with Crippen LogP contribution in [-0.2, 0) is 4.74 Å². The molecular formula is C10H12N4O. The van der Waals surface area contributed by atoms with Crippen LogP contribution in [0.5, 0.6) is 0 Å². The Labute approximate surface area is 88.3 Å². The van der Waals surface area contributed by atoms with E-state index in [1.807, 2.05) is 11.8 Å². The van der Waals surface area contributed by atoms with Crippen molar-refractivity contribution in [2.24, 2.45) is 0 Å². The molecule has 0 bridgehead atoms. The summed E-state index contributed by atoms with van der Waals surface area (Å²) in [6, 6.07) is 2.05. The van der Waals surface area contributed by atoms with Gasteiger partial charge in [-0.25, -0.2) is 9.97 Å². The minimum atomic E-state index is 0.173. The van der Waals surface area contributed by atoms with E-state index >= 15 is 0 Å². The number of hydrogen-bond donors (Lipinski definition) is 0. The molecule has 1 aliphatic rings. The molecule has 2 rings (SSSR count). The number of hydrogen-bond acceptors (Lipinski definition) is 5. The van der Waals surface area contributed by atoms with Gasteiger partial charge in [-0.2, -0.15) is 5.26 Å². The lowest BCUT2D eigenvalue weighted by atomic mass is 10.3. The summed E-state index contributed by atoms with van der Waals surface area (Å²) >= 11 is 0. The Hall–Kier alpha value is -1.67. The van der Waals surface area contributed by atoms with E-state index in [0.29, 0.717) is 18.1 Å². The van der Waals surface area contributed by atoms with Crippen LogP contribution in [0.4, 0.5) is 5.82 Å². The van der Waals surface area contributed by atoms with Crippen molar-refractivity contribution < 1.29 is 4.74 Å². The van der Waals surface area contributed by atoms with Crippen LogP contribution in [0.25, 0.3) is 0 Å². The van der Waals surface area contributed by atoms with E-state index in [9.17, 15) is 0 Å². The smallest absolute Gasteiger partial charge is 0.183 e. The second-order valence-electron chi connectivity index (χ2n) is 3.47. The first-order valence-electron chi connectivity index (χ1n) is 4.89.